The predicted octanol–water partition coefficient (Wildman–Crippen LogP) is 4.46. The highest BCUT2D eigenvalue weighted by Gasteiger charge is 2.26. The first-order valence-corrected chi connectivity index (χ1v) is 9.32. The summed E-state index contributed by atoms with van der Waals surface area (Å²) >= 11 is 0. The summed E-state index contributed by atoms with van der Waals surface area (Å²) in [5.74, 6) is -0.828. The third kappa shape index (κ3) is 4.31. The number of carboxylic acids is 1. The molecule has 0 bridgehead atoms. The van der Waals surface area contributed by atoms with Crippen molar-refractivity contribution >= 4 is 11.9 Å². The van der Waals surface area contributed by atoms with Crippen LogP contribution in [0.25, 0.3) is 0 Å². The summed E-state index contributed by atoms with van der Waals surface area (Å²) in [4.78, 5) is 26.3. The second-order valence-electron chi connectivity index (χ2n) is 6.83. The number of hydrogen-bond acceptors (Lipinski definition) is 2. The van der Waals surface area contributed by atoms with Crippen LogP contribution in [-0.4, -0.2) is 28.4 Å². The number of carbonyl (C=O) groups excluding carboxylic acids is 1. The SMILES string of the molecule is O=C(O)c1ccccc1CCC(=O)N1CCCCCC1c1ccccc1. The van der Waals surface area contributed by atoms with Crippen LogP contribution >= 0.6 is 0 Å². The van der Waals surface area contributed by atoms with Crippen LogP contribution in [0, 0.1) is 0 Å². The fourth-order valence-electron chi connectivity index (χ4n) is 3.76. The van der Waals surface area contributed by atoms with Crippen LogP contribution in [0.2, 0.25) is 0 Å². The van der Waals surface area contributed by atoms with Gasteiger partial charge in [-0.25, -0.2) is 4.79 Å². The fourth-order valence-corrected chi connectivity index (χ4v) is 3.76. The molecule has 0 aromatic heterocycles. The lowest BCUT2D eigenvalue weighted by Crippen LogP contribution is -2.35. The molecule has 26 heavy (non-hydrogen) atoms. The van der Waals surface area contributed by atoms with Crippen molar-refractivity contribution in [3.63, 3.8) is 0 Å². The summed E-state index contributed by atoms with van der Waals surface area (Å²) in [7, 11) is 0. The van der Waals surface area contributed by atoms with Gasteiger partial charge >= 0.3 is 5.97 Å². The van der Waals surface area contributed by atoms with Crippen molar-refractivity contribution in [3.05, 3.63) is 71.3 Å². The molecule has 0 aliphatic carbocycles. The molecule has 136 valence electrons. The maximum atomic E-state index is 13.0. The predicted molar refractivity (Wildman–Crippen MR) is 101 cm³/mol. The van der Waals surface area contributed by atoms with Crippen molar-refractivity contribution in [1.82, 2.24) is 4.90 Å². The molecule has 0 radical (unpaired) electrons. The number of nitrogens with zero attached hydrogens (tertiary/aromatic N) is 1. The van der Waals surface area contributed by atoms with Crippen LogP contribution < -0.4 is 0 Å². The average Bonchev–Trinajstić information content (AvgIpc) is 2.93. The third-order valence-electron chi connectivity index (χ3n) is 5.11. The van der Waals surface area contributed by atoms with Gasteiger partial charge in [0.15, 0.2) is 0 Å². The van der Waals surface area contributed by atoms with E-state index in [0.29, 0.717) is 12.8 Å². The van der Waals surface area contributed by atoms with E-state index in [9.17, 15) is 14.7 Å². The molecule has 1 saturated heterocycles. The van der Waals surface area contributed by atoms with Gasteiger partial charge in [0.05, 0.1) is 11.6 Å². The highest BCUT2D eigenvalue weighted by molar-refractivity contribution is 5.89. The Hall–Kier alpha value is -2.62. The molecule has 1 heterocycles. The summed E-state index contributed by atoms with van der Waals surface area (Å²) in [5.41, 5.74) is 2.20. The Morgan fingerprint density at radius 3 is 2.46 bits per heavy atom. The van der Waals surface area contributed by atoms with Crippen molar-refractivity contribution in [2.24, 2.45) is 0 Å². The van der Waals surface area contributed by atoms with Crippen molar-refractivity contribution in [1.29, 1.82) is 0 Å². The molecule has 1 amide bonds. The summed E-state index contributed by atoms with van der Waals surface area (Å²) in [6, 6.07) is 17.3. The summed E-state index contributed by atoms with van der Waals surface area (Å²) in [6.45, 7) is 0.777. The van der Waals surface area contributed by atoms with E-state index >= 15 is 0 Å². The number of amides is 1. The minimum atomic E-state index is -0.940. The van der Waals surface area contributed by atoms with Gasteiger partial charge in [0.1, 0.15) is 0 Å². The summed E-state index contributed by atoms with van der Waals surface area (Å²) in [5, 5.41) is 9.31. The molecule has 1 atom stereocenters. The molecule has 1 aliphatic heterocycles. The second kappa shape index (κ2) is 8.65. The summed E-state index contributed by atoms with van der Waals surface area (Å²) < 4.78 is 0. The van der Waals surface area contributed by atoms with Crippen LogP contribution in [0.1, 0.15) is 59.6 Å². The van der Waals surface area contributed by atoms with E-state index in [-0.39, 0.29) is 17.5 Å². The molecule has 1 N–H and O–H groups in total. The number of benzene rings is 2. The number of carbonyl (C=O) groups is 2. The van der Waals surface area contributed by atoms with Crippen molar-refractivity contribution < 1.29 is 14.7 Å². The van der Waals surface area contributed by atoms with Gasteiger partial charge in [-0.15, -0.1) is 0 Å². The Labute approximate surface area is 154 Å². The monoisotopic (exact) mass is 351 g/mol. The van der Waals surface area contributed by atoms with Gasteiger partial charge in [0, 0.05) is 13.0 Å². The summed E-state index contributed by atoms with van der Waals surface area (Å²) in [6.07, 6.45) is 5.09. The quantitative estimate of drug-likeness (QED) is 0.865. The van der Waals surface area contributed by atoms with E-state index in [1.165, 1.54) is 5.56 Å². The smallest absolute Gasteiger partial charge is 0.335 e. The maximum absolute atomic E-state index is 13.0. The molecule has 0 spiro atoms. The van der Waals surface area contributed by atoms with E-state index in [1.807, 2.05) is 29.2 Å². The Morgan fingerprint density at radius 2 is 1.69 bits per heavy atom. The van der Waals surface area contributed by atoms with Crippen LogP contribution in [-0.2, 0) is 11.2 Å². The van der Waals surface area contributed by atoms with Crippen LogP contribution in [0.3, 0.4) is 0 Å². The lowest BCUT2D eigenvalue weighted by Gasteiger charge is -2.30. The number of aromatic carboxylic acids is 1. The molecule has 2 aromatic carbocycles. The van der Waals surface area contributed by atoms with Gasteiger partial charge in [-0.1, -0.05) is 61.4 Å². The number of aryl methyl sites for hydroxylation is 1. The normalized spacial score (nSPS) is 17.5. The number of rotatable bonds is 5. The van der Waals surface area contributed by atoms with E-state index in [0.717, 1.165) is 37.8 Å². The molecule has 3 rings (SSSR count). The molecule has 2 aromatic rings. The van der Waals surface area contributed by atoms with Crippen LogP contribution in [0.5, 0.6) is 0 Å². The second-order valence-corrected chi connectivity index (χ2v) is 6.83. The Bertz CT molecular complexity index is 757. The first kappa shape index (κ1) is 18.2. The van der Waals surface area contributed by atoms with Gasteiger partial charge < -0.3 is 10.0 Å². The van der Waals surface area contributed by atoms with Crippen molar-refractivity contribution in [2.75, 3.05) is 6.54 Å². The molecule has 1 unspecified atom stereocenters. The molecule has 1 fully saturated rings. The van der Waals surface area contributed by atoms with Gasteiger partial charge in [0.2, 0.25) is 5.91 Å². The minimum Gasteiger partial charge on any atom is -0.478 e. The zero-order valence-corrected chi connectivity index (χ0v) is 14.9. The Balaban J connectivity index is 1.73. The zero-order valence-electron chi connectivity index (χ0n) is 14.9. The molecule has 0 saturated carbocycles. The molecule has 4 heteroatoms. The molecule has 4 nitrogen and oxygen atoms in total. The minimum absolute atomic E-state index is 0.112. The van der Waals surface area contributed by atoms with Gasteiger partial charge in [-0.2, -0.15) is 0 Å². The van der Waals surface area contributed by atoms with Gasteiger partial charge in [0.25, 0.3) is 0 Å². The zero-order chi connectivity index (χ0) is 18.4. The first-order valence-electron chi connectivity index (χ1n) is 9.32. The standard InChI is InChI=1S/C22H25NO3/c24-21(15-14-17-9-6-7-12-19(17)22(25)26)23-16-8-2-5-13-20(23)18-10-3-1-4-11-18/h1,3-4,6-7,9-12,20H,2,5,8,13-16H2,(H,25,26). The maximum Gasteiger partial charge on any atom is 0.335 e. The highest BCUT2D eigenvalue weighted by atomic mass is 16.4. The number of carboxylic acid groups (broad SMARTS) is 1. The van der Waals surface area contributed by atoms with E-state index in [1.54, 1.807) is 18.2 Å². The van der Waals surface area contributed by atoms with E-state index in [4.69, 9.17) is 0 Å². The molecule has 1 aliphatic rings. The third-order valence-corrected chi connectivity index (χ3v) is 5.11. The van der Waals surface area contributed by atoms with E-state index < -0.39 is 5.97 Å². The van der Waals surface area contributed by atoms with Gasteiger partial charge in [-0.05, 0) is 36.5 Å². The largest absolute Gasteiger partial charge is 0.478 e. The van der Waals surface area contributed by atoms with Crippen molar-refractivity contribution in [3.8, 4) is 0 Å². The van der Waals surface area contributed by atoms with Gasteiger partial charge in [-0.3, -0.25) is 4.79 Å². The lowest BCUT2D eigenvalue weighted by molar-refractivity contribution is -0.133. The fraction of sp³-hybridized carbons (Fsp3) is 0.364. The Morgan fingerprint density at radius 1 is 0.962 bits per heavy atom. The average molecular weight is 351 g/mol. The van der Waals surface area contributed by atoms with Crippen LogP contribution in [0.4, 0.5) is 0 Å². The number of likely N-dealkylation sites (tertiary alicyclic amines) is 1. The molecular formula is C22H25NO3. The van der Waals surface area contributed by atoms with Crippen molar-refractivity contribution in [2.45, 2.75) is 44.6 Å². The van der Waals surface area contributed by atoms with E-state index in [2.05, 4.69) is 12.1 Å². The first-order chi connectivity index (χ1) is 12.7. The highest BCUT2D eigenvalue weighted by Crippen LogP contribution is 2.30. The van der Waals surface area contributed by atoms with Crippen LogP contribution in [0.15, 0.2) is 54.6 Å². The Kier molecular flexibility index (Phi) is 6.05. The lowest BCUT2D eigenvalue weighted by atomic mass is 9.99. The molecular weight excluding hydrogens is 326 g/mol. The number of hydrogen-bond donors (Lipinski definition) is 1. The topological polar surface area (TPSA) is 57.6 Å².